The van der Waals surface area contributed by atoms with Crippen LogP contribution in [0.5, 0.6) is 0 Å². The molecule has 0 spiro atoms. The summed E-state index contributed by atoms with van der Waals surface area (Å²) in [6.45, 7) is 6.82. The molecule has 2 aliphatic heterocycles. The molecule has 0 radical (unpaired) electrons. The molecule has 5 rings (SSSR count). The van der Waals surface area contributed by atoms with E-state index in [2.05, 4.69) is 95.2 Å². The average Bonchev–Trinajstić information content (AvgIpc) is 3.84. The monoisotopic (exact) mass is 640 g/mol. The van der Waals surface area contributed by atoms with Crippen LogP contribution in [-0.2, 0) is 19.3 Å². The van der Waals surface area contributed by atoms with Gasteiger partial charge in [0.25, 0.3) is 0 Å². The second-order valence-corrected chi connectivity index (χ2v) is 13.0. The largest absolute Gasteiger partial charge is 0.354 e. The van der Waals surface area contributed by atoms with E-state index in [4.69, 9.17) is 9.97 Å². The van der Waals surface area contributed by atoms with Crippen molar-refractivity contribution in [2.45, 2.75) is 117 Å². The van der Waals surface area contributed by atoms with E-state index in [1.165, 1.54) is 93.7 Å². The molecule has 2 N–H and O–H groups in total. The first kappa shape index (κ1) is 31.5. The third-order valence-corrected chi connectivity index (χ3v) is 9.71. The third kappa shape index (κ3) is 7.78. The lowest BCUT2D eigenvalue weighted by Gasteiger charge is -2.06. The topological polar surface area (TPSA) is 57.4 Å². The molecule has 0 saturated heterocycles. The number of unbranched alkanes of at least 4 members (excludes halogenated alkanes) is 9. The Bertz CT molecular complexity index is 1490. The molecule has 0 aromatic carbocycles. The molecule has 0 unspecified atom stereocenters. The fourth-order valence-electron chi connectivity index (χ4n) is 6.31. The summed E-state index contributed by atoms with van der Waals surface area (Å²) in [5.74, 6) is 0. The lowest BCUT2D eigenvalue weighted by molar-refractivity contribution is 0.664. The standard InChI is InChI=1S/C38H49BrN4/c1-4-7-10-13-16-27-30-19-21-32(40-30)28(17-14-11-8-5-2)34-23-25-36(42-34)38(39)37-26-24-35(43-37)29(18-15-12-9-6-3)33-22-20-31(27)41-33/h19-26,42-43H,4-18H2,1-3H3. The molecule has 0 aliphatic carbocycles. The van der Waals surface area contributed by atoms with Crippen LogP contribution < -0.4 is 0 Å². The Hall–Kier alpha value is -2.92. The van der Waals surface area contributed by atoms with Gasteiger partial charge in [0.05, 0.1) is 38.3 Å². The van der Waals surface area contributed by atoms with Crippen molar-refractivity contribution in [1.29, 1.82) is 0 Å². The van der Waals surface area contributed by atoms with Crippen LogP contribution >= 0.6 is 15.9 Å². The van der Waals surface area contributed by atoms with Crippen LogP contribution in [0.4, 0.5) is 0 Å². The van der Waals surface area contributed by atoms with Crippen molar-refractivity contribution in [1.82, 2.24) is 19.9 Å². The molecule has 0 amide bonds. The van der Waals surface area contributed by atoms with E-state index in [0.29, 0.717) is 0 Å². The smallest absolute Gasteiger partial charge is 0.0691 e. The lowest BCUT2D eigenvalue weighted by atomic mass is 10.0. The number of nitrogens with one attached hydrogen (secondary N) is 2. The number of aryl methyl sites for hydroxylation is 2. The number of hydrogen-bond acceptors (Lipinski definition) is 2. The predicted octanol–water partition coefficient (Wildman–Crippen LogP) is 11.8. The van der Waals surface area contributed by atoms with Gasteiger partial charge in [0.1, 0.15) is 0 Å². The van der Waals surface area contributed by atoms with Gasteiger partial charge in [-0.05, 0) is 103 Å². The van der Waals surface area contributed by atoms with Gasteiger partial charge in [-0.25, -0.2) is 9.97 Å². The second-order valence-electron chi connectivity index (χ2n) is 12.2. The zero-order valence-corrected chi connectivity index (χ0v) is 28.1. The summed E-state index contributed by atoms with van der Waals surface area (Å²) in [5.41, 5.74) is 12.7. The number of H-pyrrole nitrogens is 2. The van der Waals surface area contributed by atoms with Crippen molar-refractivity contribution in [2.75, 3.05) is 0 Å². The Morgan fingerprint density at radius 3 is 1.21 bits per heavy atom. The molecule has 3 aromatic rings. The van der Waals surface area contributed by atoms with Crippen molar-refractivity contribution in [3.63, 3.8) is 0 Å². The highest BCUT2D eigenvalue weighted by atomic mass is 79.9. The van der Waals surface area contributed by atoms with E-state index in [9.17, 15) is 0 Å². The van der Waals surface area contributed by atoms with Crippen LogP contribution in [0.25, 0.3) is 46.4 Å². The third-order valence-electron chi connectivity index (χ3n) is 8.85. The number of fused-ring (bicyclic) bond motifs is 8. The molecule has 5 heterocycles. The predicted molar refractivity (Wildman–Crippen MR) is 190 cm³/mol. The van der Waals surface area contributed by atoms with Gasteiger partial charge in [-0.1, -0.05) is 78.6 Å². The van der Waals surface area contributed by atoms with E-state index in [0.717, 1.165) is 68.6 Å². The molecule has 4 nitrogen and oxygen atoms in total. The van der Waals surface area contributed by atoms with Gasteiger partial charge in [-0.3, -0.25) is 0 Å². The van der Waals surface area contributed by atoms with Crippen LogP contribution in [0.3, 0.4) is 0 Å². The highest BCUT2D eigenvalue weighted by molar-refractivity contribution is 9.10. The Kier molecular flexibility index (Phi) is 11.5. The van der Waals surface area contributed by atoms with E-state index in [-0.39, 0.29) is 0 Å². The van der Waals surface area contributed by atoms with Crippen molar-refractivity contribution >= 4 is 62.3 Å². The summed E-state index contributed by atoms with van der Waals surface area (Å²) >= 11 is 3.93. The second kappa shape index (κ2) is 15.7. The Balaban J connectivity index is 1.74. The highest BCUT2D eigenvalue weighted by Crippen LogP contribution is 2.30. The molecule has 0 fully saturated rings. The van der Waals surface area contributed by atoms with E-state index < -0.39 is 0 Å². The number of halogens is 1. The van der Waals surface area contributed by atoms with Crippen LogP contribution in [0, 0.1) is 0 Å². The lowest BCUT2D eigenvalue weighted by Crippen LogP contribution is -1.97. The number of nitrogens with zero attached hydrogens (tertiary/aromatic N) is 2. The van der Waals surface area contributed by atoms with Gasteiger partial charge in [-0.15, -0.1) is 0 Å². The SMILES string of the molecule is CCCCCCc1c2nc(c(CCCCCC)c3ccc([nH]3)c(Br)c3ccc([nH]3)c(CCCCCC)c3nc1C=C3)C=C2. The van der Waals surface area contributed by atoms with E-state index in [1.807, 2.05) is 0 Å². The summed E-state index contributed by atoms with van der Waals surface area (Å²) < 4.78 is 1.04. The number of hydrogen-bond donors (Lipinski definition) is 2. The Labute approximate surface area is 266 Å². The Morgan fingerprint density at radius 2 is 0.814 bits per heavy atom. The first-order valence-corrected chi connectivity index (χ1v) is 17.7. The van der Waals surface area contributed by atoms with Crippen molar-refractivity contribution in [3.8, 4) is 0 Å². The maximum absolute atomic E-state index is 5.32. The first-order chi connectivity index (χ1) is 21.1. The minimum atomic E-state index is 1.01. The summed E-state index contributed by atoms with van der Waals surface area (Å²) in [4.78, 5) is 18.1. The fourth-order valence-corrected chi connectivity index (χ4v) is 6.78. The molecule has 3 aromatic heterocycles. The van der Waals surface area contributed by atoms with Gasteiger partial charge in [0, 0.05) is 27.7 Å². The van der Waals surface area contributed by atoms with Crippen molar-refractivity contribution in [2.24, 2.45) is 0 Å². The average molecular weight is 642 g/mol. The van der Waals surface area contributed by atoms with Crippen molar-refractivity contribution < 1.29 is 0 Å². The van der Waals surface area contributed by atoms with Gasteiger partial charge in [-0.2, -0.15) is 0 Å². The summed E-state index contributed by atoms with van der Waals surface area (Å²) in [7, 11) is 0. The minimum Gasteiger partial charge on any atom is -0.354 e. The molecular weight excluding hydrogens is 592 g/mol. The van der Waals surface area contributed by atoms with Crippen LogP contribution in [-0.4, -0.2) is 19.9 Å². The first-order valence-electron chi connectivity index (χ1n) is 16.9. The van der Waals surface area contributed by atoms with Crippen LogP contribution in [0.2, 0.25) is 0 Å². The molecule has 5 heteroatoms. The molecule has 228 valence electrons. The van der Waals surface area contributed by atoms with Gasteiger partial charge >= 0.3 is 0 Å². The summed E-state index contributed by atoms with van der Waals surface area (Å²) in [5, 5.41) is 0. The molecule has 0 atom stereocenters. The zero-order chi connectivity index (χ0) is 30.0. The number of aromatic amines is 2. The summed E-state index contributed by atoms with van der Waals surface area (Å²) in [6, 6.07) is 8.85. The van der Waals surface area contributed by atoms with Crippen LogP contribution in [0.15, 0.2) is 28.7 Å². The molecule has 43 heavy (non-hydrogen) atoms. The summed E-state index contributed by atoms with van der Waals surface area (Å²) in [6.07, 6.45) is 26.8. The van der Waals surface area contributed by atoms with Crippen molar-refractivity contribution in [3.05, 3.63) is 68.2 Å². The van der Waals surface area contributed by atoms with E-state index in [1.54, 1.807) is 0 Å². The number of aromatic nitrogens is 4. The fraction of sp³-hybridized carbons (Fsp3) is 0.474. The van der Waals surface area contributed by atoms with Gasteiger partial charge < -0.3 is 9.97 Å². The normalized spacial score (nSPS) is 12.5. The van der Waals surface area contributed by atoms with E-state index >= 15 is 0 Å². The molecule has 0 saturated carbocycles. The zero-order valence-electron chi connectivity index (χ0n) is 26.5. The van der Waals surface area contributed by atoms with Gasteiger partial charge in [0.2, 0.25) is 0 Å². The molecule has 8 bridgehead atoms. The highest BCUT2D eigenvalue weighted by Gasteiger charge is 2.16. The van der Waals surface area contributed by atoms with Crippen LogP contribution in [0.1, 0.15) is 137 Å². The van der Waals surface area contributed by atoms with Gasteiger partial charge in [0.15, 0.2) is 0 Å². The maximum atomic E-state index is 5.32. The minimum absolute atomic E-state index is 1.01. The Morgan fingerprint density at radius 1 is 0.465 bits per heavy atom. The quantitative estimate of drug-likeness (QED) is 0.112. The maximum Gasteiger partial charge on any atom is 0.0691 e. The molecule has 2 aliphatic rings. The number of rotatable bonds is 15. The molecular formula is C38H49BrN4.